The standard InChI is InChI=1S/C20H21Cl2N3O3S/c1-25(2)19(27)14-6-3-4-7-16(14)23-20(29)24-18(26)8-5-11-28-17-10-9-13(21)12-15(17)22/h3-4,6-7,9-10,12H,5,8,11H2,1-2H3,(H2,23,24,26,29). The predicted molar refractivity (Wildman–Crippen MR) is 120 cm³/mol. The Balaban J connectivity index is 1.80. The fourth-order valence-electron chi connectivity index (χ4n) is 2.37. The Kier molecular flexibility index (Phi) is 8.70. The van der Waals surface area contributed by atoms with Gasteiger partial charge in [0.25, 0.3) is 5.91 Å². The lowest BCUT2D eigenvalue weighted by molar-refractivity contribution is -0.119. The molecule has 29 heavy (non-hydrogen) atoms. The monoisotopic (exact) mass is 453 g/mol. The van der Waals surface area contributed by atoms with E-state index in [-0.39, 0.29) is 23.3 Å². The van der Waals surface area contributed by atoms with Crippen molar-refractivity contribution in [1.82, 2.24) is 10.2 Å². The van der Waals surface area contributed by atoms with Crippen molar-refractivity contribution in [2.45, 2.75) is 12.8 Å². The average molecular weight is 454 g/mol. The van der Waals surface area contributed by atoms with Crippen LogP contribution >= 0.6 is 35.4 Å². The zero-order valence-electron chi connectivity index (χ0n) is 16.0. The molecule has 9 heteroatoms. The first-order valence-corrected chi connectivity index (χ1v) is 9.93. The molecule has 0 radical (unpaired) electrons. The van der Waals surface area contributed by atoms with Crippen molar-refractivity contribution in [2.75, 3.05) is 26.0 Å². The first kappa shape index (κ1) is 22.9. The number of carbonyl (C=O) groups is 2. The molecule has 0 saturated heterocycles. The number of thiocarbonyl (C=S) groups is 1. The Morgan fingerprint density at radius 1 is 1.14 bits per heavy atom. The molecule has 0 aliphatic heterocycles. The number of hydrogen-bond donors (Lipinski definition) is 2. The smallest absolute Gasteiger partial charge is 0.255 e. The van der Waals surface area contributed by atoms with Gasteiger partial charge in [0, 0.05) is 25.5 Å². The van der Waals surface area contributed by atoms with E-state index in [9.17, 15) is 9.59 Å². The number of rotatable bonds is 7. The van der Waals surface area contributed by atoms with Crippen LogP contribution in [0.15, 0.2) is 42.5 Å². The molecule has 2 N–H and O–H groups in total. The minimum absolute atomic E-state index is 0.121. The van der Waals surface area contributed by atoms with E-state index >= 15 is 0 Å². The lowest BCUT2D eigenvalue weighted by Gasteiger charge is -2.16. The van der Waals surface area contributed by atoms with Crippen molar-refractivity contribution < 1.29 is 14.3 Å². The van der Waals surface area contributed by atoms with Crippen molar-refractivity contribution in [3.05, 3.63) is 58.1 Å². The summed E-state index contributed by atoms with van der Waals surface area (Å²) in [5.74, 6) is 0.0841. The van der Waals surface area contributed by atoms with Crippen molar-refractivity contribution >= 4 is 58.0 Å². The second-order valence-electron chi connectivity index (χ2n) is 6.27. The topological polar surface area (TPSA) is 70.7 Å². The molecule has 0 heterocycles. The Bertz CT molecular complexity index is 906. The predicted octanol–water partition coefficient (Wildman–Crippen LogP) is 4.37. The molecule has 2 amide bonds. The van der Waals surface area contributed by atoms with Crippen LogP contribution in [0.1, 0.15) is 23.2 Å². The summed E-state index contributed by atoms with van der Waals surface area (Å²) < 4.78 is 5.55. The van der Waals surface area contributed by atoms with Crippen LogP contribution < -0.4 is 15.4 Å². The average Bonchev–Trinajstić information content (AvgIpc) is 2.66. The number of anilines is 1. The summed E-state index contributed by atoms with van der Waals surface area (Å²) in [7, 11) is 3.33. The summed E-state index contributed by atoms with van der Waals surface area (Å²) >= 11 is 17.0. The van der Waals surface area contributed by atoms with Gasteiger partial charge in [-0.25, -0.2) is 0 Å². The zero-order chi connectivity index (χ0) is 21.4. The highest BCUT2D eigenvalue weighted by atomic mass is 35.5. The van der Waals surface area contributed by atoms with E-state index in [0.29, 0.717) is 40.1 Å². The molecule has 0 aliphatic carbocycles. The molecule has 2 rings (SSSR count). The maximum atomic E-state index is 12.2. The van der Waals surface area contributed by atoms with Gasteiger partial charge < -0.3 is 20.3 Å². The van der Waals surface area contributed by atoms with Crippen LogP contribution in [0, 0.1) is 0 Å². The van der Waals surface area contributed by atoms with Gasteiger partial charge in [0.1, 0.15) is 5.75 Å². The largest absolute Gasteiger partial charge is 0.492 e. The summed E-state index contributed by atoms with van der Waals surface area (Å²) in [4.78, 5) is 25.8. The van der Waals surface area contributed by atoms with Crippen LogP contribution in [0.5, 0.6) is 5.75 Å². The lowest BCUT2D eigenvalue weighted by atomic mass is 10.1. The van der Waals surface area contributed by atoms with Crippen LogP contribution in [-0.4, -0.2) is 42.5 Å². The molecule has 6 nitrogen and oxygen atoms in total. The Morgan fingerprint density at radius 2 is 1.86 bits per heavy atom. The van der Waals surface area contributed by atoms with Crippen molar-refractivity contribution in [3.63, 3.8) is 0 Å². The molecule has 0 fully saturated rings. The first-order chi connectivity index (χ1) is 13.8. The normalized spacial score (nSPS) is 10.2. The van der Waals surface area contributed by atoms with E-state index in [1.54, 1.807) is 56.6 Å². The number of hydrogen-bond acceptors (Lipinski definition) is 4. The van der Waals surface area contributed by atoms with E-state index in [1.807, 2.05) is 0 Å². The summed E-state index contributed by atoms with van der Waals surface area (Å²) in [6, 6.07) is 11.9. The second kappa shape index (κ2) is 11.0. The molecule has 0 aromatic heterocycles. The van der Waals surface area contributed by atoms with Crippen LogP contribution in [0.2, 0.25) is 10.0 Å². The number of nitrogens with zero attached hydrogens (tertiary/aromatic N) is 1. The lowest BCUT2D eigenvalue weighted by Crippen LogP contribution is -2.35. The molecule has 0 unspecified atom stereocenters. The zero-order valence-corrected chi connectivity index (χ0v) is 18.3. The number of para-hydroxylation sites is 1. The maximum Gasteiger partial charge on any atom is 0.255 e. The van der Waals surface area contributed by atoms with Crippen molar-refractivity contribution in [1.29, 1.82) is 0 Å². The molecule has 2 aromatic carbocycles. The van der Waals surface area contributed by atoms with Gasteiger partial charge in [-0.2, -0.15) is 0 Å². The summed E-state index contributed by atoms with van der Waals surface area (Å²) in [5, 5.41) is 6.56. The highest BCUT2D eigenvalue weighted by Crippen LogP contribution is 2.27. The Morgan fingerprint density at radius 3 is 2.55 bits per heavy atom. The minimum Gasteiger partial charge on any atom is -0.492 e. The first-order valence-electron chi connectivity index (χ1n) is 8.77. The van der Waals surface area contributed by atoms with Gasteiger partial charge in [0.15, 0.2) is 5.11 Å². The Labute approximate surface area is 185 Å². The SMILES string of the molecule is CN(C)C(=O)c1ccccc1NC(=S)NC(=O)CCCOc1ccc(Cl)cc1Cl. The molecule has 0 bridgehead atoms. The second-order valence-corrected chi connectivity index (χ2v) is 7.53. The molecule has 154 valence electrons. The van der Waals surface area contributed by atoms with Crippen LogP contribution in [-0.2, 0) is 4.79 Å². The van der Waals surface area contributed by atoms with E-state index < -0.39 is 0 Å². The highest BCUT2D eigenvalue weighted by Gasteiger charge is 2.14. The summed E-state index contributed by atoms with van der Waals surface area (Å²) in [6.07, 6.45) is 0.689. The van der Waals surface area contributed by atoms with Gasteiger partial charge in [-0.3, -0.25) is 9.59 Å². The summed E-state index contributed by atoms with van der Waals surface area (Å²) in [5.41, 5.74) is 0.986. The Hall–Kier alpha value is -2.35. The van der Waals surface area contributed by atoms with Crippen LogP contribution in [0.3, 0.4) is 0 Å². The van der Waals surface area contributed by atoms with Gasteiger partial charge in [0.2, 0.25) is 5.91 Å². The highest BCUT2D eigenvalue weighted by molar-refractivity contribution is 7.80. The third-order valence-corrected chi connectivity index (χ3v) is 4.50. The molecular weight excluding hydrogens is 433 g/mol. The van der Waals surface area contributed by atoms with Crippen molar-refractivity contribution in [3.8, 4) is 5.75 Å². The van der Waals surface area contributed by atoms with E-state index in [0.717, 1.165) is 0 Å². The van der Waals surface area contributed by atoms with E-state index in [1.165, 1.54) is 4.90 Å². The van der Waals surface area contributed by atoms with Gasteiger partial charge in [0.05, 0.1) is 22.9 Å². The van der Waals surface area contributed by atoms with Crippen LogP contribution in [0.25, 0.3) is 0 Å². The number of ether oxygens (including phenoxy) is 1. The van der Waals surface area contributed by atoms with Gasteiger partial charge in [-0.15, -0.1) is 0 Å². The maximum absolute atomic E-state index is 12.2. The van der Waals surface area contributed by atoms with E-state index in [4.69, 9.17) is 40.2 Å². The number of nitrogens with one attached hydrogen (secondary N) is 2. The number of carbonyl (C=O) groups excluding carboxylic acids is 2. The van der Waals surface area contributed by atoms with Crippen molar-refractivity contribution in [2.24, 2.45) is 0 Å². The molecule has 2 aromatic rings. The van der Waals surface area contributed by atoms with E-state index in [2.05, 4.69) is 10.6 Å². The molecule has 0 spiro atoms. The summed E-state index contributed by atoms with van der Waals surface area (Å²) in [6.45, 7) is 0.315. The molecule has 0 aliphatic rings. The fraction of sp³-hybridized carbons (Fsp3) is 0.250. The third-order valence-electron chi connectivity index (χ3n) is 3.76. The van der Waals surface area contributed by atoms with Gasteiger partial charge in [-0.05, 0) is 49.0 Å². The quantitative estimate of drug-likeness (QED) is 0.481. The van der Waals surface area contributed by atoms with Gasteiger partial charge in [-0.1, -0.05) is 35.3 Å². The van der Waals surface area contributed by atoms with Crippen LogP contribution in [0.4, 0.5) is 5.69 Å². The molecule has 0 saturated carbocycles. The molecule has 0 atom stereocenters. The fourth-order valence-corrected chi connectivity index (χ4v) is 3.06. The number of amides is 2. The number of halogens is 2. The minimum atomic E-state index is -0.260. The molecular formula is C20H21Cl2N3O3S. The third kappa shape index (κ3) is 7.20. The number of benzene rings is 2. The van der Waals surface area contributed by atoms with Gasteiger partial charge >= 0.3 is 0 Å².